The maximum Gasteiger partial charge on any atom is 0.308 e. The summed E-state index contributed by atoms with van der Waals surface area (Å²) in [4.78, 5) is 15.8. The fourth-order valence-corrected chi connectivity index (χ4v) is 2.38. The monoisotopic (exact) mass is 322 g/mol. The summed E-state index contributed by atoms with van der Waals surface area (Å²) in [6.07, 6.45) is 0. The molecule has 1 aromatic heterocycles. The Labute approximate surface area is 140 Å². The molecule has 24 heavy (non-hydrogen) atoms. The molecule has 3 rings (SSSR count). The number of carbonyl (C=O) groups is 1. The number of ether oxygens (including phenoxy) is 2. The van der Waals surface area contributed by atoms with Gasteiger partial charge in [-0.15, -0.1) is 0 Å². The summed E-state index contributed by atoms with van der Waals surface area (Å²) in [7, 11) is 1.54. The number of benzene rings is 2. The maximum absolute atomic E-state index is 11.2. The lowest BCUT2D eigenvalue weighted by Gasteiger charge is -2.11. The molecular weight excluding hydrogens is 304 g/mol. The third kappa shape index (κ3) is 3.46. The minimum Gasteiger partial charge on any atom is -0.493 e. The molecule has 0 saturated heterocycles. The van der Waals surface area contributed by atoms with Gasteiger partial charge in [-0.3, -0.25) is 4.79 Å². The number of hydrogen-bond acceptors (Lipinski definition) is 5. The highest BCUT2D eigenvalue weighted by atomic mass is 16.6. The van der Waals surface area contributed by atoms with Crippen molar-refractivity contribution in [2.75, 3.05) is 12.4 Å². The summed E-state index contributed by atoms with van der Waals surface area (Å²) >= 11 is 0. The fraction of sp³-hybridized carbons (Fsp3) is 0.158. The molecule has 1 N–H and O–H groups in total. The average molecular weight is 322 g/mol. The highest BCUT2D eigenvalue weighted by Gasteiger charge is 2.10. The SMILES string of the molecule is COc1cc2ccc(Nc3ccc(C)cc3)nc2cc1OC(C)=O. The van der Waals surface area contributed by atoms with Gasteiger partial charge in [0.1, 0.15) is 5.82 Å². The molecule has 0 amide bonds. The van der Waals surface area contributed by atoms with Crippen molar-refractivity contribution in [1.82, 2.24) is 4.98 Å². The van der Waals surface area contributed by atoms with E-state index >= 15 is 0 Å². The summed E-state index contributed by atoms with van der Waals surface area (Å²) in [5, 5.41) is 4.16. The Morgan fingerprint density at radius 1 is 1.04 bits per heavy atom. The van der Waals surface area contributed by atoms with Crippen LogP contribution in [0.5, 0.6) is 11.5 Å². The number of fused-ring (bicyclic) bond motifs is 1. The van der Waals surface area contributed by atoms with Gasteiger partial charge < -0.3 is 14.8 Å². The van der Waals surface area contributed by atoms with Crippen molar-refractivity contribution < 1.29 is 14.3 Å². The number of rotatable bonds is 4. The minimum atomic E-state index is -0.401. The van der Waals surface area contributed by atoms with Crippen molar-refractivity contribution in [3.05, 3.63) is 54.1 Å². The van der Waals surface area contributed by atoms with Crippen molar-refractivity contribution >= 4 is 28.4 Å². The molecule has 1 heterocycles. The van der Waals surface area contributed by atoms with E-state index in [-0.39, 0.29) is 0 Å². The standard InChI is InChI=1S/C19H18N2O3/c1-12-4-7-15(8-5-12)20-19-9-6-14-10-17(23-3)18(24-13(2)22)11-16(14)21-19/h4-11H,1-3H3,(H,20,21). The molecule has 122 valence electrons. The second-order valence-corrected chi connectivity index (χ2v) is 5.48. The number of esters is 1. The van der Waals surface area contributed by atoms with Crippen LogP contribution in [0, 0.1) is 6.92 Å². The van der Waals surface area contributed by atoms with Crippen molar-refractivity contribution in [3.8, 4) is 11.5 Å². The van der Waals surface area contributed by atoms with Gasteiger partial charge >= 0.3 is 5.97 Å². The summed E-state index contributed by atoms with van der Waals surface area (Å²) in [6.45, 7) is 3.40. The molecule has 0 unspecified atom stereocenters. The first-order valence-electron chi connectivity index (χ1n) is 7.56. The van der Waals surface area contributed by atoms with Gasteiger partial charge in [-0.05, 0) is 37.3 Å². The number of nitrogens with one attached hydrogen (secondary N) is 1. The zero-order valence-electron chi connectivity index (χ0n) is 13.8. The third-order valence-corrected chi connectivity index (χ3v) is 3.55. The van der Waals surface area contributed by atoms with E-state index in [0.29, 0.717) is 22.8 Å². The van der Waals surface area contributed by atoms with E-state index in [1.54, 1.807) is 12.1 Å². The van der Waals surface area contributed by atoms with Crippen LogP contribution in [0.25, 0.3) is 10.9 Å². The van der Waals surface area contributed by atoms with Crippen LogP contribution in [0.3, 0.4) is 0 Å². The maximum atomic E-state index is 11.2. The Kier molecular flexibility index (Phi) is 4.33. The largest absolute Gasteiger partial charge is 0.493 e. The Bertz CT molecular complexity index is 889. The lowest BCUT2D eigenvalue weighted by Crippen LogP contribution is -2.03. The number of hydrogen-bond donors (Lipinski definition) is 1. The summed E-state index contributed by atoms with van der Waals surface area (Å²) in [6, 6.07) is 15.4. The van der Waals surface area contributed by atoms with Crippen molar-refractivity contribution in [2.45, 2.75) is 13.8 Å². The van der Waals surface area contributed by atoms with Crippen LogP contribution in [0.1, 0.15) is 12.5 Å². The normalized spacial score (nSPS) is 10.5. The molecule has 0 aliphatic heterocycles. The number of pyridine rings is 1. The molecule has 0 fully saturated rings. The third-order valence-electron chi connectivity index (χ3n) is 3.55. The first-order chi connectivity index (χ1) is 11.5. The molecule has 0 bridgehead atoms. The fourth-order valence-electron chi connectivity index (χ4n) is 2.38. The molecule has 3 aromatic rings. The number of nitrogens with zero attached hydrogens (tertiary/aromatic N) is 1. The highest BCUT2D eigenvalue weighted by molar-refractivity contribution is 5.85. The number of methoxy groups -OCH3 is 1. The van der Waals surface area contributed by atoms with Gasteiger partial charge in [0.15, 0.2) is 11.5 Å². The highest BCUT2D eigenvalue weighted by Crippen LogP contribution is 2.32. The van der Waals surface area contributed by atoms with Gasteiger partial charge in [0.2, 0.25) is 0 Å². The van der Waals surface area contributed by atoms with Crippen molar-refractivity contribution in [1.29, 1.82) is 0 Å². The number of aryl methyl sites for hydroxylation is 1. The van der Waals surface area contributed by atoms with Gasteiger partial charge in [-0.2, -0.15) is 0 Å². The van der Waals surface area contributed by atoms with Crippen molar-refractivity contribution in [2.24, 2.45) is 0 Å². The second kappa shape index (κ2) is 6.58. The van der Waals surface area contributed by atoms with Crippen LogP contribution in [0.4, 0.5) is 11.5 Å². The second-order valence-electron chi connectivity index (χ2n) is 5.48. The Balaban J connectivity index is 1.96. The molecule has 2 aromatic carbocycles. The quantitative estimate of drug-likeness (QED) is 0.575. The van der Waals surface area contributed by atoms with E-state index in [1.165, 1.54) is 19.6 Å². The first kappa shape index (κ1) is 15.8. The van der Waals surface area contributed by atoms with Gasteiger partial charge in [-0.1, -0.05) is 17.7 Å². The number of anilines is 2. The van der Waals surface area contributed by atoms with E-state index in [2.05, 4.69) is 10.3 Å². The van der Waals surface area contributed by atoms with E-state index < -0.39 is 5.97 Å². The molecule has 0 radical (unpaired) electrons. The average Bonchev–Trinajstić information content (AvgIpc) is 2.56. The van der Waals surface area contributed by atoms with Gasteiger partial charge in [0.25, 0.3) is 0 Å². The summed E-state index contributed by atoms with van der Waals surface area (Å²) in [5.74, 6) is 1.17. The smallest absolute Gasteiger partial charge is 0.308 e. The Hall–Kier alpha value is -3.08. The van der Waals surface area contributed by atoms with Crippen LogP contribution >= 0.6 is 0 Å². The van der Waals surface area contributed by atoms with Crippen LogP contribution in [-0.2, 0) is 4.79 Å². The molecule has 5 heteroatoms. The molecule has 5 nitrogen and oxygen atoms in total. The summed E-state index contributed by atoms with van der Waals surface area (Å²) in [5.41, 5.74) is 2.87. The van der Waals surface area contributed by atoms with Crippen LogP contribution < -0.4 is 14.8 Å². The molecule has 0 aliphatic carbocycles. The molecular formula is C19H18N2O3. The van der Waals surface area contributed by atoms with Crippen LogP contribution in [-0.4, -0.2) is 18.1 Å². The van der Waals surface area contributed by atoms with Crippen LogP contribution in [0.2, 0.25) is 0 Å². The molecule has 0 atom stereocenters. The predicted molar refractivity (Wildman–Crippen MR) is 94.1 cm³/mol. The zero-order chi connectivity index (χ0) is 17.1. The lowest BCUT2D eigenvalue weighted by atomic mass is 10.2. The predicted octanol–water partition coefficient (Wildman–Crippen LogP) is 4.22. The minimum absolute atomic E-state index is 0.359. The molecule has 0 saturated carbocycles. The topological polar surface area (TPSA) is 60.4 Å². The van der Waals surface area contributed by atoms with Crippen LogP contribution in [0.15, 0.2) is 48.5 Å². The van der Waals surface area contributed by atoms with E-state index in [0.717, 1.165) is 11.1 Å². The molecule has 0 aliphatic rings. The number of carbonyl (C=O) groups excluding carboxylic acids is 1. The lowest BCUT2D eigenvalue weighted by molar-refractivity contribution is -0.131. The van der Waals surface area contributed by atoms with Gasteiger partial charge in [-0.25, -0.2) is 4.98 Å². The first-order valence-corrected chi connectivity index (χ1v) is 7.56. The van der Waals surface area contributed by atoms with E-state index in [4.69, 9.17) is 9.47 Å². The molecule has 0 spiro atoms. The van der Waals surface area contributed by atoms with Gasteiger partial charge in [0.05, 0.1) is 12.6 Å². The van der Waals surface area contributed by atoms with Gasteiger partial charge in [0, 0.05) is 24.1 Å². The van der Waals surface area contributed by atoms with E-state index in [9.17, 15) is 4.79 Å². The number of aromatic nitrogens is 1. The van der Waals surface area contributed by atoms with E-state index in [1.807, 2.05) is 43.3 Å². The Morgan fingerprint density at radius 3 is 2.46 bits per heavy atom. The van der Waals surface area contributed by atoms with Crippen molar-refractivity contribution in [3.63, 3.8) is 0 Å². The Morgan fingerprint density at radius 2 is 1.79 bits per heavy atom. The zero-order valence-corrected chi connectivity index (χ0v) is 13.8. The summed E-state index contributed by atoms with van der Waals surface area (Å²) < 4.78 is 10.5.